The van der Waals surface area contributed by atoms with Gasteiger partial charge in [0.1, 0.15) is 11.6 Å². The Hall–Kier alpha value is -3.94. The number of hydrogen-bond donors (Lipinski definition) is 1. The average molecular weight is 432 g/mol. The van der Waals surface area contributed by atoms with Crippen molar-refractivity contribution in [2.75, 3.05) is 7.11 Å². The van der Waals surface area contributed by atoms with Gasteiger partial charge in [-0.2, -0.15) is 8.78 Å². The van der Waals surface area contributed by atoms with Gasteiger partial charge in [0.25, 0.3) is 0 Å². The van der Waals surface area contributed by atoms with E-state index < -0.39 is 6.61 Å². The van der Waals surface area contributed by atoms with Crippen LogP contribution in [0.5, 0.6) is 11.6 Å². The monoisotopic (exact) mass is 432 g/mol. The lowest BCUT2D eigenvalue weighted by Crippen LogP contribution is -2.32. The summed E-state index contributed by atoms with van der Waals surface area (Å²) in [7, 11) is 1.58. The Morgan fingerprint density at radius 2 is 2.00 bits per heavy atom. The van der Waals surface area contributed by atoms with Gasteiger partial charge in [-0.05, 0) is 29.8 Å². The standard InChI is InChI=1S/C24H18F2N4O2/c1-31-21-8-6-14(11-28-21)13-5-7-16-18(9-13)30-19-10-17(23(30)29-16)27-12-15-3-2-4-20(22(15)19)32-24(25)26/h2-9,11-12,17,24,27H,10H2,1H3/t17-/m1/s1. The van der Waals surface area contributed by atoms with E-state index in [4.69, 9.17) is 14.5 Å². The van der Waals surface area contributed by atoms with E-state index in [1.807, 2.05) is 36.5 Å². The van der Waals surface area contributed by atoms with Gasteiger partial charge in [-0.1, -0.05) is 18.2 Å². The molecule has 0 saturated heterocycles. The van der Waals surface area contributed by atoms with Crippen molar-refractivity contribution in [3.05, 3.63) is 71.0 Å². The molecule has 160 valence electrons. The summed E-state index contributed by atoms with van der Waals surface area (Å²) >= 11 is 0. The molecule has 0 aliphatic carbocycles. The van der Waals surface area contributed by atoms with Crippen LogP contribution in [0, 0.1) is 0 Å². The highest BCUT2D eigenvalue weighted by molar-refractivity contribution is 5.86. The van der Waals surface area contributed by atoms with Crippen molar-refractivity contribution >= 4 is 22.9 Å². The number of imidazole rings is 1. The Balaban J connectivity index is 1.61. The minimum atomic E-state index is -2.90. The van der Waals surface area contributed by atoms with Crippen molar-refractivity contribution < 1.29 is 18.3 Å². The highest BCUT2D eigenvalue weighted by atomic mass is 19.3. The first-order chi connectivity index (χ1) is 15.6. The molecular formula is C24H18F2N4O2. The molecule has 2 aliphatic heterocycles. The summed E-state index contributed by atoms with van der Waals surface area (Å²) < 4.78 is 38.4. The van der Waals surface area contributed by atoms with Gasteiger partial charge in [-0.15, -0.1) is 0 Å². The van der Waals surface area contributed by atoms with Crippen LogP contribution < -0.4 is 25.2 Å². The fourth-order valence-corrected chi connectivity index (χ4v) is 4.55. The Kier molecular flexibility index (Phi) is 4.14. The van der Waals surface area contributed by atoms with Crippen LogP contribution in [0.1, 0.15) is 18.3 Å². The summed E-state index contributed by atoms with van der Waals surface area (Å²) in [6.45, 7) is -2.90. The lowest BCUT2D eigenvalue weighted by atomic mass is 10.1. The molecular weight excluding hydrogens is 414 g/mol. The highest BCUT2D eigenvalue weighted by Gasteiger charge is 2.32. The molecule has 4 aromatic rings. The number of fused-ring (bicyclic) bond motifs is 8. The largest absolute Gasteiger partial charge is 0.481 e. The number of ether oxygens (including phenoxy) is 2. The number of pyridine rings is 1. The minimum Gasteiger partial charge on any atom is -0.481 e. The van der Waals surface area contributed by atoms with Crippen LogP contribution in [0.2, 0.25) is 0 Å². The second-order valence-electron chi connectivity index (χ2n) is 7.71. The summed E-state index contributed by atoms with van der Waals surface area (Å²) in [5, 5.41) is 4.86. The smallest absolute Gasteiger partial charge is 0.387 e. The number of halogens is 2. The molecule has 0 fully saturated rings. The van der Waals surface area contributed by atoms with E-state index in [1.54, 1.807) is 25.4 Å². The Morgan fingerprint density at radius 3 is 2.78 bits per heavy atom. The first kappa shape index (κ1) is 18.8. The van der Waals surface area contributed by atoms with Crippen molar-refractivity contribution in [2.45, 2.75) is 19.1 Å². The van der Waals surface area contributed by atoms with Crippen molar-refractivity contribution in [3.63, 3.8) is 0 Å². The van der Waals surface area contributed by atoms with E-state index in [2.05, 4.69) is 20.9 Å². The highest BCUT2D eigenvalue weighted by Crippen LogP contribution is 2.38. The summed E-state index contributed by atoms with van der Waals surface area (Å²) in [6.07, 6.45) is 4.24. The maximum absolute atomic E-state index is 13.1. The molecule has 2 bridgehead atoms. The number of aromatic nitrogens is 3. The fourth-order valence-electron chi connectivity index (χ4n) is 4.55. The van der Waals surface area contributed by atoms with Gasteiger partial charge < -0.3 is 14.8 Å². The Bertz CT molecular complexity index is 1480. The summed E-state index contributed by atoms with van der Waals surface area (Å²) in [5.41, 5.74) is 4.56. The van der Waals surface area contributed by atoms with Gasteiger partial charge in [0, 0.05) is 46.6 Å². The van der Waals surface area contributed by atoms with Crippen LogP contribution >= 0.6 is 0 Å². The number of rotatable bonds is 4. The molecule has 6 nitrogen and oxygen atoms in total. The third kappa shape index (κ3) is 2.83. The van der Waals surface area contributed by atoms with Crippen molar-refractivity contribution in [3.8, 4) is 22.8 Å². The summed E-state index contributed by atoms with van der Waals surface area (Å²) in [5.74, 6) is 1.57. The number of hydrogen-bond acceptors (Lipinski definition) is 5. The Labute approximate surface area is 181 Å². The van der Waals surface area contributed by atoms with E-state index in [0.717, 1.165) is 38.9 Å². The van der Waals surface area contributed by atoms with E-state index in [9.17, 15) is 8.78 Å². The predicted octanol–water partition coefficient (Wildman–Crippen LogP) is 3.15. The topological polar surface area (TPSA) is 61.2 Å². The van der Waals surface area contributed by atoms with Gasteiger partial charge in [0.05, 0.1) is 24.2 Å². The normalized spacial score (nSPS) is 16.2. The first-order valence-corrected chi connectivity index (χ1v) is 10.2. The van der Waals surface area contributed by atoms with E-state index in [1.165, 1.54) is 0 Å². The van der Waals surface area contributed by atoms with Crippen molar-refractivity contribution in [1.82, 2.24) is 19.9 Å². The molecule has 2 aromatic heterocycles. The first-order valence-electron chi connectivity index (χ1n) is 10.2. The van der Waals surface area contributed by atoms with Gasteiger partial charge in [0.15, 0.2) is 0 Å². The number of benzene rings is 2. The lowest BCUT2D eigenvalue weighted by Gasteiger charge is -2.11. The maximum atomic E-state index is 13.1. The van der Waals surface area contributed by atoms with Crippen LogP contribution in [-0.2, 0) is 0 Å². The minimum absolute atomic E-state index is 0.0460. The van der Waals surface area contributed by atoms with E-state index >= 15 is 0 Å². The summed E-state index contributed by atoms with van der Waals surface area (Å²) in [6, 6.07) is 14.9. The number of nitrogens with zero attached hydrogens (tertiary/aromatic N) is 3. The molecule has 0 radical (unpaired) electrons. The van der Waals surface area contributed by atoms with Crippen LogP contribution in [0.4, 0.5) is 8.78 Å². The number of alkyl halides is 2. The zero-order valence-corrected chi connectivity index (χ0v) is 17.0. The molecule has 2 aromatic carbocycles. The lowest BCUT2D eigenvalue weighted by molar-refractivity contribution is -0.0505. The molecule has 4 heterocycles. The van der Waals surface area contributed by atoms with Crippen molar-refractivity contribution in [1.29, 1.82) is 0 Å². The molecule has 2 aliphatic rings. The molecule has 0 saturated carbocycles. The maximum Gasteiger partial charge on any atom is 0.387 e. The zero-order chi connectivity index (χ0) is 21.8. The SMILES string of the molecule is COc1ccc(-c2ccc3nc4n(c3c2)C2=c3c(OC(F)F)cccc3=CN[C@@H]4C2)cn1. The second-order valence-corrected chi connectivity index (χ2v) is 7.71. The molecule has 8 heteroatoms. The molecule has 1 N–H and O–H groups in total. The Morgan fingerprint density at radius 1 is 1.12 bits per heavy atom. The van der Waals surface area contributed by atoms with Gasteiger partial charge in [0.2, 0.25) is 5.88 Å². The second kappa shape index (κ2) is 7.05. The van der Waals surface area contributed by atoms with Crippen LogP contribution in [0.25, 0.3) is 34.1 Å². The zero-order valence-electron chi connectivity index (χ0n) is 17.0. The van der Waals surface area contributed by atoms with Crippen LogP contribution in [0.3, 0.4) is 0 Å². The molecule has 32 heavy (non-hydrogen) atoms. The van der Waals surface area contributed by atoms with Gasteiger partial charge in [-0.3, -0.25) is 4.57 Å². The quantitative estimate of drug-likeness (QED) is 0.537. The third-order valence-corrected chi connectivity index (χ3v) is 5.94. The van der Waals surface area contributed by atoms with E-state index in [-0.39, 0.29) is 11.8 Å². The van der Waals surface area contributed by atoms with Gasteiger partial charge in [-0.25, -0.2) is 9.97 Å². The van der Waals surface area contributed by atoms with E-state index in [0.29, 0.717) is 17.5 Å². The fraction of sp³-hybridized carbons (Fsp3) is 0.167. The molecule has 0 unspecified atom stereocenters. The summed E-state index contributed by atoms with van der Waals surface area (Å²) in [4.78, 5) is 9.14. The molecule has 6 rings (SSSR count). The van der Waals surface area contributed by atoms with Gasteiger partial charge >= 0.3 is 6.61 Å². The number of methoxy groups -OCH3 is 1. The third-order valence-electron chi connectivity index (χ3n) is 5.94. The van der Waals surface area contributed by atoms with Crippen LogP contribution in [0.15, 0.2) is 54.7 Å². The predicted molar refractivity (Wildman–Crippen MR) is 116 cm³/mol. The molecule has 1 atom stereocenters. The van der Waals surface area contributed by atoms with Crippen LogP contribution in [-0.4, -0.2) is 28.3 Å². The average Bonchev–Trinajstić information content (AvgIpc) is 3.26. The molecule has 0 spiro atoms. The number of nitrogens with one attached hydrogen (secondary N) is 1. The molecule has 0 amide bonds. The van der Waals surface area contributed by atoms with Crippen molar-refractivity contribution in [2.24, 2.45) is 0 Å².